The molecule has 1 aliphatic carbocycles. The fourth-order valence-corrected chi connectivity index (χ4v) is 4.81. The van der Waals surface area contributed by atoms with Gasteiger partial charge in [0.25, 0.3) is 0 Å². The molecular weight excluding hydrogens is 340 g/mol. The number of carbonyl (C=O) groups is 2. The lowest BCUT2D eigenvalue weighted by Crippen LogP contribution is -2.49. The lowest BCUT2D eigenvalue weighted by atomic mass is 10.1. The molecule has 0 bridgehead atoms. The molecule has 2 aliphatic rings. The highest BCUT2D eigenvalue weighted by atomic mass is 16.2. The number of Topliss-reactive ketones (excluding diaryl/α,β-unsaturated/α-hetero) is 1. The Morgan fingerprint density at radius 3 is 2.30 bits per heavy atom. The van der Waals surface area contributed by atoms with Crippen LogP contribution in [0.15, 0.2) is 0 Å². The van der Waals surface area contributed by atoms with Crippen LogP contribution in [-0.2, 0) is 4.79 Å². The van der Waals surface area contributed by atoms with Crippen LogP contribution in [0.2, 0.25) is 0 Å². The SMILES string of the molecule is CC(=O)c1c(C)nn([C@H](C)CC(=O)N2CCN(CC3CCCC3)CC2)c1C. The van der Waals surface area contributed by atoms with E-state index in [0.29, 0.717) is 12.0 Å². The number of aromatic nitrogens is 2. The van der Waals surface area contributed by atoms with Crippen LogP contribution >= 0.6 is 0 Å². The van der Waals surface area contributed by atoms with Gasteiger partial charge >= 0.3 is 0 Å². The van der Waals surface area contributed by atoms with Crippen molar-refractivity contribution in [3.63, 3.8) is 0 Å². The van der Waals surface area contributed by atoms with Crippen molar-refractivity contribution in [3.8, 4) is 0 Å². The summed E-state index contributed by atoms with van der Waals surface area (Å²) in [7, 11) is 0. The third kappa shape index (κ3) is 4.60. The lowest BCUT2D eigenvalue weighted by molar-refractivity contribution is -0.133. The van der Waals surface area contributed by atoms with Gasteiger partial charge in [0.1, 0.15) is 0 Å². The van der Waals surface area contributed by atoms with Crippen LogP contribution in [0.1, 0.15) is 73.7 Å². The first-order valence-electron chi connectivity index (χ1n) is 10.4. The van der Waals surface area contributed by atoms with E-state index in [1.54, 1.807) is 6.92 Å². The van der Waals surface area contributed by atoms with E-state index in [0.717, 1.165) is 43.5 Å². The van der Waals surface area contributed by atoms with E-state index >= 15 is 0 Å². The van der Waals surface area contributed by atoms with E-state index in [1.807, 2.05) is 30.4 Å². The van der Waals surface area contributed by atoms with Crippen molar-refractivity contribution in [3.05, 3.63) is 17.0 Å². The largest absolute Gasteiger partial charge is 0.340 e. The predicted octanol–water partition coefficient (Wildman–Crippen LogP) is 2.99. The first-order chi connectivity index (χ1) is 12.9. The van der Waals surface area contributed by atoms with Gasteiger partial charge in [-0.05, 0) is 46.5 Å². The molecule has 1 aromatic rings. The van der Waals surface area contributed by atoms with E-state index in [1.165, 1.54) is 32.2 Å². The van der Waals surface area contributed by atoms with Crippen molar-refractivity contribution in [1.29, 1.82) is 0 Å². The minimum absolute atomic E-state index is 0.0353. The molecule has 6 heteroatoms. The molecule has 3 rings (SSSR count). The summed E-state index contributed by atoms with van der Waals surface area (Å²) < 4.78 is 1.85. The summed E-state index contributed by atoms with van der Waals surface area (Å²) in [5, 5.41) is 4.52. The molecule has 0 aromatic carbocycles. The van der Waals surface area contributed by atoms with Gasteiger partial charge in [0.15, 0.2) is 5.78 Å². The molecule has 1 aromatic heterocycles. The summed E-state index contributed by atoms with van der Waals surface area (Å²) in [4.78, 5) is 29.1. The fourth-order valence-electron chi connectivity index (χ4n) is 4.81. The van der Waals surface area contributed by atoms with Crippen LogP contribution in [-0.4, -0.2) is 64.0 Å². The second-order valence-electron chi connectivity index (χ2n) is 8.43. The molecule has 1 aliphatic heterocycles. The van der Waals surface area contributed by atoms with E-state index in [9.17, 15) is 9.59 Å². The molecule has 1 saturated carbocycles. The Hall–Kier alpha value is -1.69. The van der Waals surface area contributed by atoms with Crippen LogP contribution in [0.4, 0.5) is 0 Å². The number of carbonyl (C=O) groups excluding carboxylic acids is 2. The van der Waals surface area contributed by atoms with Crippen molar-refractivity contribution < 1.29 is 9.59 Å². The van der Waals surface area contributed by atoms with Crippen molar-refractivity contribution >= 4 is 11.7 Å². The van der Waals surface area contributed by atoms with Crippen molar-refractivity contribution in [2.24, 2.45) is 5.92 Å². The average molecular weight is 375 g/mol. The summed E-state index contributed by atoms with van der Waals surface area (Å²) >= 11 is 0. The number of piperazine rings is 1. The second-order valence-corrected chi connectivity index (χ2v) is 8.43. The Balaban J connectivity index is 1.52. The summed E-state index contributed by atoms with van der Waals surface area (Å²) in [6.45, 7) is 12.2. The van der Waals surface area contributed by atoms with E-state index < -0.39 is 0 Å². The van der Waals surface area contributed by atoms with Gasteiger partial charge in [-0.15, -0.1) is 0 Å². The molecule has 27 heavy (non-hydrogen) atoms. The minimum Gasteiger partial charge on any atom is -0.340 e. The fraction of sp³-hybridized carbons (Fsp3) is 0.762. The van der Waals surface area contributed by atoms with Crippen LogP contribution in [0, 0.1) is 19.8 Å². The zero-order valence-electron chi connectivity index (χ0n) is 17.3. The summed E-state index contributed by atoms with van der Waals surface area (Å²) in [6, 6.07) is -0.0409. The third-order valence-electron chi connectivity index (χ3n) is 6.28. The van der Waals surface area contributed by atoms with E-state index in [2.05, 4.69) is 10.00 Å². The lowest BCUT2D eigenvalue weighted by Gasteiger charge is -2.36. The van der Waals surface area contributed by atoms with Gasteiger partial charge in [0.05, 0.1) is 17.3 Å². The van der Waals surface area contributed by atoms with E-state index in [4.69, 9.17) is 0 Å². The van der Waals surface area contributed by atoms with Gasteiger partial charge in [-0.1, -0.05) is 12.8 Å². The van der Waals surface area contributed by atoms with Gasteiger partial charge in [-0.3, -0.25) is 19.2 Å². The number of hydrogen-bond acceptors (Lipinski definition) is 4. The summed E-state index contributed by atoms with van der Waals surface area (Å²) in [5.74, 6) is 1.10. The molecule has 0 radical (unpaired) electrons. The first-order valence-corrected chi connectivity index (χ1v) is 10.4. The molecule has 6 nitrogen and oxygen atoms in total. The minimum atomic E-state index is -0.0409. The molecule has 1 saturated heterocycles. The average Bonchev–Trinajstić information content (AvgIpc) is 3.22. The Labute approximate surface area is 162 Å². The van der Waals surface area contributed by atoms with Crippen LogP contribution in [0.3, 0.4) is 0 Å². The molecule has 0 unspecified atom stereocenters. The van der Waals surface area contributed by atoms with Gasteiger partial charge in [-0.25, -0.2) is 0 Å². The van der Waals surface area contributed by atoms with Gasteiger partial charge in [0.2, 0.25) is 5.91 Å². The normalized spacial score (nSPS) is 20.2. The van der Waals surface area contributed by atoms with Crippen LogP contribution in [0.5, 0.6) is 0 Å². The van der Waals surface area contributed by atoms with Crippen LogP contribution < -0.4 is 0 Å². The molecule has 0 N–H and O–H groups in total. The van der Waals surface area contributed by atoms with Gasteiger partial charge in [0, 0.05) is 44.8 Å². The maximum Gasteiger partial charge on any atom is 0.224 e. The number of nitrogens with zero attached hydrogens (tertiary/aromatic N) is 4. The molecular formula is C21H34N4O2. The summed E-state index contributed by atoms with van der Waals surface area (Å²) in [5.41, 5.74) is 2.30. The Kier molecular flexibility index (Phi) is 6.35. The maximum absolute atomic E-state index is 12.8. The predicted molar refractivity (Wildman–Crippen MR) is 106 cm³/mol. The number of amides is 1. The Bertz CT molecular complexity index is 683. The van der Waals surface area contributed by atoms with Crippen molar-refractivity contribution in [1.82, 2.24) is 19.6 Å². The van der Waals surface area contributed by atoms with Crippen molar-refractivity contribution in [2.45, 2.75) is 65.8 Å². The molecule has 2 heterocycles. The number of rotatable bonds is 6. The van der Waals surface area contributed by atoms with Crippen LogP contribution in [0.25, 0.3) is 0 Å². The van der Waals surface area contributed by atoms with Crippen molar-refractivity contribution in [2.75, 3.05) is 32.7 Å². The smallest absolute Gasteiger partial charge is 0.224 e. The van der Waals surface area contributed by atoms with Gasteiger partial charge < -0.3 is 4.90 Å². The Morgan fingerprint density at radius 2 is 1.74 bits per heavy atom. The standard InChI is InChI=1S/C21H34N4O2/c1-15(25-17(3)21(18(4)26)16(2)22-25)13-20(27)24-11-9-23(10-12-24)14-19-7-5-6-8-19/h15,19H,5-14H2,1-4H3/t15-/m1/s1. The quantitative estimate of drug-likeness (QED) is 0.718. The number of ketones is 1. The monoisotopic (exact) mass is 374 g/mol. The summed E-state index contributed by atoms with van der Waals surface area (Å²) in [6.07, 6.45) is 5.96. The highest BCUT2D eigenvalue weighted by Crippen LogP contribution is 2.26. The molecule has 1 atom stereocenters. The molecule has 150 valence electrons. The second kappa shape index (κ2) is 8.55. The number of hydrogen-bond donors (Lipinski definition) is 0. The highest BCUT2D eigenvalue weighted by Gasteiger charge is 2.26. The molecule has 2 fully saturated rings. The molecule has 0 spiro atoms. The third-order valence-corrected chi connectivity index (χ3v) is 6.28. The van der Waals surface area contributed by atoms with Gasteiger partial charge in [-0.2, -0.15) is 5.10 Å². The molecule has 1 amide bonds. The van der Waals surface area contributed by atoms with E-state index in [-0.39, 0.29) is 17.7 Å². The maximum atomic E-state index is 12.8. The highest BCUT2D eigenvalue weighted by molar-refractivity contribution is 5.96. The topological polar surface area (TPSA) is 58.4 Å². The number of aryl methyl sites for hydroxylation is 1. The Morgan fingerprint density at radius 1 is 1.11 bits per heavy atom. The first kappa shape index (κ1) is 20.1. The zero-order chi connectivity index (χ0) is 19.6. The zero-order valence-corrected chi connectivity index (χ0v) is 17.3.